The van der Waals surface area contributed by atoms with Crippen molar-refractivity contribution >= 4 is 28.2 Å². The van der Waals surface area contributed by atoms with Crippen molar-refractivity contribution in [1.82, 2.24) is 10.2 Å². The number of rotatable bonds is 3. The smallest absolute Gasteiger partial charge is 0.238 e. The molecule has 1 atom stereocenters. The minimum Gasteiger partial charge on any atom is -0.337 e. The quantitative estimate of drug-likeness (QED) is 0.795. The molecule has 0 aliphatic carbocycles. The first kappa shape index (κ1) is 16.7. The molecule has 1 saturated heterocycles. The highest BCUT2D eigenvalue weighted by molar-refractivity contribution is 7.92. The van der Waals surface area contributed by atoms with Gasteiger partial charge in [0.2, 0.25) is 5.91 Å². The number of nitrogens with zero attached hydrogens (tertiary/aromatic N) is 1. The molecular weight excluding hydrogens is 264 g/mol. The molecule has 1 N–H and O–H groups in total. The zero-order chi connectivity index (χ0) is 12.3. The van der Waals surface area contributed by atoms with Crippen molar-refractivity contribution in [1.29, 1.82) is 0 Å². The maximum absolute atomic E-state index is 11.8. The van der Waals surface area contributed by atoms with Crippen LogP contribution in [-0.4, -0.2) is 55.9 Å². The average molecular weight is 285 g/mol. The Balaban J connectivity index is 0.00000256. The number of hydrogen-bond acceptors (Lipinski definition) is 4. The SMILES string of the molecule is CC(C)S(=O)(=O)CC(=O)N1CCNC[C@@H]1C.Cl. The molecule has 1 amide bonds. The summed E-state index contributed by atoms with van der Waals surface area (Å²) in [5, 5.41) is 2.67. The van der Waals surface area contributed by atoms with Crippen LogP contribution < -0.4 is 5.32 Å². The molecule has 0 aromatic rings. The Morgan fingerprint density at radius 1 is 1.47 bits per heavy atom. The van der Waals surface area contributed by atoms with Gasteiger partial charge in [-0.2, -0.15) is 0 Å². The van der Waals surface area contributed by atoms with Crippen LogP contribution in [0.3, 0.4) is 0 Å². The lowest BCUT2D eigenvalue weighted by molar-refractivity contribution is -0.131. The molecule has 1 rings (SSSR count). The molecule has 1 aliphatic rings. The molecule has 0 aromatic carbocycles. The fourth-order valence-electron chi connectivity index (χ4n) is 1.63. The molecule has 5 nitrogen and oxygen atoms in total. The first-order valence-electron chi connectivity index (χ1n) is 5.56. The molecule has 7 heteroatoms. The predicted molar refractivity (Wildman–Crippen MR) is 70.2 cm³/mol. The van der Waals surface area contributed by atoms with Gasteiger partial charge in [0.15, 0.2) is 9.84 Å². The predicted octanol–water partition coefficient (Wildman–Crippen LogP) is 0.0517. The second-order valence-electron chi connectivity index (χ2n) is 4.50. The van der Waals surface area contributed by atoms with Crippen LogP contribution in [0.4, 0.5) is 0 Å². The number of amides is 1. The van der Waals surface area contributed by atoms with Crippen molar-refractivity contribution in [2.24, 2.45) is 0 Å². The van der Waals surface area contributed by atoms with Crippen molar-refractivity contribution in [2.45, 2.75) is 32.1 Å². The van der Waals surface area contributed by atoms with Crippen LogP contribution in [-0.2, 0) is 14.6 Å². The maximum atomic E-state index is 11.8. The van der Waals surface area contributed by atoms with Crippen LogP contribution in [0.25, 0.3) is 0 Å². The Hall–Kier alpha value is -0.330. The van der Waals surface area contributed by atoms with Gasteiger partial charge in [-0.15, -0.1) is 12.4 Å². The molecule has 0 unspecified atom stereocenters. The molecule has 1 heterocycles. The van der Waals surface area contributed by atoms with E-state index in [1.54, 1.807) is 18.7 Å². The van der Waals surface area contributed by atoms with E-state index in [4.69, 9.17) is 0 Å². The molecule has 1 fully saturated rings. The second kappa shape index (κ2) is 6.56. The van der Waals surface area contributed by atoms with Crippen molar-refractivity contribution in [3.05, 3.63) is 0 Å². The zero-order valence-corrected chi connectivity index (χ0v) is 12.1. The van der Waals surface area contributed by atoms with Gasteiger partial charge in [0, 0.05) is 25.7 Å². The Morgan fingerprint density at radius 2 is 2.06 bits per heavy atom. The van der Waals surface area contributed by atoms with Gasteiger partial charge in [-0.3, -0.25) is 4.79 Å². The lowest BCUT2D eigenvalue weighted by Crippen LogP contribution is -2.53. The molecule has 102 valence electrons. The summed E-state index contributed by atoms with van der Waals surface area (Å²) >= 11 is 0. The fraction of sp³-hybridized carbons (Fsp3) is 0.900. The summed E-state index contributed by atoms with van der Waals surface area (Å²) in [5.41, 5.74) is 0. The summed E-state index contributed by atoms with van der Waals surface area (Å²) in [6.45, 7) is 7.18. The zero-order valence-electron chi connectivity index (χ0n) is 10.5. The number of carbonyl (C=O) groups excluding carboxylic acids is 1. The fourth-order valence-corrected chi connectivity index (χ4v) is 2.48. The molecule has 0 bridgehead atoms. The van der Waals surface area contributed by atoms with Gasteiger partial charge in [-0.1, -0.05) is 0 Å². The largest absolute Gasteiger partial charge is 0.337 e. The number of carbonyl (C=O) groups is 1. The number of sulfone groups is 1. The Morgan fingerprint density at radius 3 is 2.53 bits per heavy atom. The van der Waals surface area contributed by atoms with Gasteiger partial charge in [-0.25, -0.2) is 8.42 Å². The minimum atomic E-state index is -3.28. The topological polar surface area (TPSA) is 66.5 Å². The summed E-state index contributed by atoms with van der Waals surface area (Å²) in [6, 6.07) is 0.0728. The van der Waals surface area contributed by atoms with E-state index in [1.165, 1.54) is 0 Å². The normalized spacial score (nSPS) is 21.2. The van der Waals surface area contributed by atoms with E-state index in [9.17, 15) is 13.2 Å². The van der Waals surface area contributed by atoms with E-state index in [1.807, 2.05) is 6.92 Å². The monoisotopic (exact) mass is 284 g/mol. The van der Waals surface area contributed by atoms with Crippen LogP contribution in [0.2, 0.25) is 0 Å². The highest BCUT2D eigenvalue weighted by atomic mass is 35.5. The Bertz CT molecular complexity index is 357. The third-order valence-corrected chi connectivity index (χ3v) is 4.95. The molecule has 0 aromatic heterocycles. The van der Waals surface area contributed by atoms with Crippen molar-refractivity contribution in [3.63, 3.8) is 0 Å². The lowest BCUT2D eigenvalue weighted by atomic mass is 10.2. The van der Waals surface area contributed by atoms with Crippen LogP contribution in [0.1, 0.15) is 20.8 Å². The molecule has 0 saturated carbocycles. The molecule has 0 spiro atoms. The van der Waals surface area contributed by atoms with Gasteiger partial charge in [0.05, 0.1) is 5.25 Å². The summed E-state index contributed by atoms with van der Waals surface area (Å²) in [7, 11) is -3.28. The first-order valence-corrected chi connectivity index (χ1v) is 7.28. The minimum absolute atomic E-state index is 0. The Labute approximate surface area is 109 Å². The maximum Gasteiger partial charge on any atom is 0.238 e. The molecule has 17 heavy (non-hydrogen) atoms. The summed E-state index contributed by atoms with van der Waals surface area (Å²) in [5.74, 6) is -0.641. The van der Waals surface area contributed by atoms with E-state index < -0.39 is 15.1 Å². The summed E-state index contributed by atoms with van der Waals surface area (Å²) < 4.78 is 23.3. The summed E-state index contributed by atoms with van der Waals surface area (Å²) in [4.78, 5) is 13.5. The van der Waals surface area contributed by atoms with Crippen molar-refractivity contribution < 1.29 is 13.2 Å². The van der Waals surface area contributed by atoms with Crippen LogP contribution in [0, 0.1) is 0 Å². The van der Waals surface area contributed by atoms with E-state index in [-0.39, 0.29) is 30.1 Å². The van der Waals surface area contributed by atoms with Gasteiger partial charge >= 0.3 is 0 Å². The number of nitrogens with one attached hydrogen (secondary N) is 1. The lowest BCUT2D eigenvalue weighted by Gasteiger charge is -2.34. The van der Waals surface area contributed by atoms with Crippen LogP contribution >= 0.6 is 12.4 Å². The van der Waals surface area contributed by atoms with E-state index in [2.05, 4.69) is 5.32 Å². The van der Waals surface area contributed by atoms with Crippen LogP contribution in [0.15, 0.2) is 0 Å². The van der Waals surface area contributed by atoms with Crippen LogP contribution in [0.5, 0.6) is 0 Å². The summed E-state index contributed by atoms with van der Waals surface area (Å²) in [6.07, 6.45) is 0. The molecular formula is C10H21ClN2O3S. The van der Waals surface area contributed by atoms with Crippen molar-refractivity contribution in [3.8, 4) is 0 Å². The number of halogens is 1. The third-order valence-electron chi connectivity index (χ3n) is 2.86. The van der Waals surface area contributed by atoms with Gasteiger partial charge in [0.25, 0.3) is 0 Å². The van der Waals surface area contributed by atoms with E-state index in [0.717, 1.165) is 13.1 Å². The first-order chi connectivity index (χ1) is 7.34. The highest BCUT2D eigenvalue weighted by Gasteiger charge is 2.28. The second-order valence-corrected chi connectivity index (χ2v) is 7.05. The number of piperazine rings is 1. The highest BCUT2D eigenvalue weighted by Crippen LogP contribution is 2.07. The Kier molecular flexibility index (Phi) is 6.43. The van der Waals surface area contributed by atoms with Gasteiger partial charge < -0.3 is 10.2 Å². The van der Waals surface area contributed by atoms with Gasteiger partial charge in [-0.05, 0) is 20.8 Å². The van der Waals surface area contributed by atoms with Crippen molar-refractivity contribution in [2.75, 3.05) is 25.4 Å². The van der Waals surface area contributed by atoms with Gasteiger partial charge in [0.1, 0.15) is 5.75 Å². The third kappa shape index (κ3) is 4.44. The standard InChI is InChI=1S/C10H20N2O3S.ClH/c1-8(2)16(14,15)7-10(13)12-5-4-11-6-9(12)3;/h8-9,11H,4-7H2,1-3H3;1H/t9-;/m0./s1. The number of hydrogen-bond donors (Lipinski definition) is 1. The molecule has 0 radical (unpaired) electrons. The molecule has 1 aliphatic heterocycles. The van der Waals surface area contributed by atoms with E-state index in [0.29, 0.717) is 6.54 Å². The van der Waals surface area contributed by atoms with E-state index >= 15 is 0 Å². The average Bonchev–Trinajstić information content (AvgIpc) is 2.17.